The summed E-state index contributed by atoms with van der Waals surface area (Å²) in [4.78, 5) is 4.19. The fourth-order valence-electron chi connectivity index (χ4n) is 3.19. The van der Waals surface area contributed by atoms with Crippen LogP contribution in [0.3, 0.4) is 0 Å². The monoisotopic (exact) mass is 325 g/mol. The van der Waals surface area contributed by atoms with Gasteiger partial charge in [0.05, 0.1) is 5.60 Å². The van der Waals surface area contributed by atoms with Crippen LogP contribution in [0.2, 0.25) is 0 Å². The molecule has 1 aromatic heterocycles. The summed E-state index contributed by atoms with van der Waals surface area (Å²) in [5.41, 5.74) is 0.589. The highest BCUT2D eigenvalue weighted by Gasteiger charge is 2.31. The first-order valence-corrected chi connectivity index (χ1v) is 8.10. The van der Waals surface area contributed by atoms with E-state index in [1.165, 1.54) is 6.42 Å². The third-order valence-electron chi connectivity index (χ3n) is 4.44. The summed E-state index contributed by atoms with van der Waals surface area (Å²) >= 11 is 3.44. The number of pyridine rings is 1. The first kappa shape index (κ1) is 15.0. The van der Waals surface area contributed by atoms with E-state index in [0.29, 0.717) is 0 Å². The van der Waals surface area contributed by atoms with Crippen LogP contribution in [0.1, 0.15) is 51.5 Å². The summed E-state index contributed by atoms with van der Waals surface area (Å²) in [6, 6.07) is 2.07. The molecule has 0 aromatic carbocycles. The van der Waals surface area contributed by atoms with Gasteiger partial charge >= 0.3 is 0 Å². The van der Waals surface area contributed by atoms with E-state index < -0.39 is 5.60 Å². The highest BCUT2D eigenvalue weighted by molar-refractivity contribution is 9.10. The number of hydrogen-bond donors (Lipinski definition) is 1. The van der Waals surface area contributed by atoms with Crippen molar-refractivity contribution >= 4 is 15.9 Å². The molecule has 1 fully saturated rings. The highest BCUT2D eigenvalue weighted by Crippen LogP contribution is 2.35. The molecule has 3 heteroatoms. The predicted molar refractivity (Wildman–Crippen MR) is 82.0 cm³/mol. The van der Waals surface area contributed by atoms with Gasteiger partial charge in [-0.25, -0.2) is 0 Å². The normalized spacial score (nSPS) is 28.4. The van der Waals surface area contributed by atoms with E-state index in [1.54, 1.807) is 6.20 Å². The molecule has 1 N–H and O–H groups in total. The van der Waals surface area contributed by atoms with E-state index in [-0.39, 0.29) is 0 Å². The zero-order valence-electron chi connectivity index (χ0n) is 11.9. The van der Waals surface area contributed by atoms with Gasteiger partial charge in [0.25, 0.3) is 0 Å². The fourth-order valence-corrected chi connectivity index (χ4v) is 3.60. The Morgan fingerprint density at radius 1 is 1.37 bits per heavy atom. The van der Waals surface area contributed by atoms with Crippen molar-refractivity contribution in [3.05, 3.63) is 28.5 Å². The summed E-state index contributed by atoms with van der Waals surface area (Å²) in [5, 5.41) is 10.9. The number of aliphatic hydroxyl groups is 1. The molecule has 0 radical (unpaired) electrons. The second kappa shape index (κ2) is 6.36. The van der Waals surface area contributed by atoms with Crippen LogP contribution in [0.5, 0.6) is 0 Å². The number of aromatic nitrogens is 1. The quantitative estimate of drug-likeness (QED) is 0.838. The van der Waals surface area contributed by atoms with Gasteiger partial charge in [-0.05, 0) is 58.7 Å². The van der Waals surface area contributed by atoms with Gasteiger partial charge in [0.15, 0.2) is 0 Å². The van der Waals surface area contributed by atoms with E-state index in [0.717, 1.165) is 54.0 Å². The number of halogens is 1. The van der Waals surface area contributed by atoms with Crippen LogP contribution in [0.4, 0.5) is 0 Å². The molecule has 1 aromatic rings. The van der Waals surface area contributed by atoms with Gasteiger partial charge in [-0.1, -0.05) is 26.7 Å². The van der Waals surface area contributed by atoms with Gasteiger partial charge in [0.1, 0.15) is 0 Å². The predicted octanol–water partition coefficient (Wildman–Crippen LogP) is 4.35. The lowest BCUT2D eigenvalue weighted by atomic mass is 9.85. The minimum atomic E-state index is -0.536. The first-order chi connectivity index (χ1) is 8.98. The largest absolute Gasteiger partial charge is 0.390 e. The first-order valence-electron chi connectivity index (χ1n) is 7.30. The Morgan fingerprint density at radius 3 is 2.84 bits per heavy atom. The highest BCUT2D eigenvalue weighted by atomic mass is 79.9. The molecule has 2 unspecified atom stereocenters. The lowest BCUT2D eigenvalue weighted by Crippen LogP contribution is -2.30. The smallest absolute Gasteiger partial charge is 0.0688 e. The molecule has 0 bridgehead atoms. The second-order valence-electron chi connectivity index (χ2n) is 6.35. The molecule has 106 valence electrons. The number of rotatable bonds is 3. The van der Waals surface area contributed by atoms with Crippen LogP contribution in [0, 0.1) is 11.8 Å². The average molecular weight is 326 g/mol. The summed E-state index contributed by atoms with van der Waals surface area (Å²) in [7, 11) is 0. The molecule has 1 saturated carbocycles. The lowest BCUT2D eigenvalue weighted by molar-refractivity contribution is 0.0236. The van der Waals surface area contributed by atoms with Crippen molar-refractivity contribution in [2.45, 2.75) is 58.0 Å². The van der Waals surface area contributed by atoms with Crippen molar-refractivity contribution in [1.29, 1.82) is 0 Å². The van der Waals surface area contributed by atoms with E-state index in [4.69, 9.17) is 0 Å². The van der Waals surface area contributed by atoms with Gasteiger partial charge in [-0.15, -0.1) is 0 Å². The molecular weight excluding hydrogens is 302 g/mol. The maximum Gasteiger partial charge on any atom is 0.0688 e. The molecule has 0 spiro atoms. The van der Waals surface area contributed by atoms with Gasteiger partial charge in [0, 0.05) is 23.3 Å². The summed E-state index contributed by atoms with van der Waals surface area (Å²) in [6.07, 6.45) is 9.77. The molecule has 1 aliphatic rings. The van der Waals surface area contributed by atoms with Crippen LogP contribution in [-0.2, 0) is 6.42 Å². The minimum Gasteiger partial charge on any atom is -0.390 e. The van der Waals surface area contributed by atoms with Gasteiger partial charge < -0.3 is 5.11 Å². The van der Waals surface area contributed by atoms with Crippen LogP contribution in [-0.4, -0.2) is 15.7 Å². The molecule has 0 amide bonds. The Balaban J connectivity index is 2.02. The average Bonchev–Trinajstić information content (AvgIpc) is 2.51. The zero-order valence-corrected chi connectivity index (χ0v) is 13.5. The van der Waals surface area contributed by atoms with Gasteiger partial charge in [-0.3, -0.25) is 4.98 Å². The molecule has 2 rings (SSSR count). The Morgan fingerprint density at radius 2 is 2.16 bits per heavy atom. The SMILES string of the molecule is CC(C)C1CCCC(O)(Cc2cncc(Br)c2)CC1. The minimum absolute atomic E-state index is 0.536. The van der Waals surface area contributed by atoms with E-state index in [1.807, 2.05) is 6.20 Å². The summed E-state index contributed by atoms with van der Waals surface area (Å²) in [5.74, 6) is 1.50. The van der Waals surface area contributed by atoms with Crippen molar-refractivity contribution in [2.75, 3.05) is 0 Å². The van der Waals surface area contributed by atoms with Crippen LogP contribution in [0.15, 0.2) is 22.9 Å². The number of hydrogen-bond acceptors (Lipinski definition) is 2. The standard InChI is InChI=1S/C16H24BrNO/c1-12(2)14-4-3-6-16(19,7-5-14)9-13-8-15(17)11-18-10-13/h8,10-12,14,19H,3-7,9H2,1-2H3. The van der Waals surface area contributed by atoms with E-state index in [9.17, 15) is 5.11 Å². The van der Waals surface area contributed by atoms with Crippen molar-refractivity contribution in [1.82, 2.24) is 4.98 Å². The Labute approximate surface area is 124 Å². The molecule has 19 heavy (non-hydrogen) atoms. The maximum absolute atomic E-state index is 10.9. The topological polar surface area (TPSA) is 33.1 Å². The summed E-state index contributed by atoms with van der Waals surface area (Å²) in [6.45, 7) is 4.60. The van der Waals surface area contributed by atoms with Crippen molar-refractivity contribution in [2.24, 2.45) is 11.8 Å². The van der Waals surface area contributed by atoms with Crippen molar-refractivity contribution < 1.29 is 5.11 Å². The summed E-state index contributed by atoms with van der Waals surface area (Å²) < 4.78 is 0.988. The van der Waals surface area contributed by atoms with E-state index in [2.05, 4.69) is 40.8 Å². The maximum atomic E-state index is 10.9. The lowest BCUT2D eigenvalue weighted by Gasteiger charge is -2.27. The Hall–Kier alpha value is -0.410. The van der Waals surface area contributed by atoms with Gasteiger partial charge in [0.2, 0.25) is 0 Å². The second-order valence-corrected chi connectivity index (χ2v) is 7.26. The van der Waals surface area contributed by atoms with Crippen LogP contribution >= 0.6 is 15.9 Å². The Kier molecular flexibility index (Phi) is 5.02. The third kappa shape index (κ3) is 4.28. The fraction of sp³-hybridized carbons (Fsp3) is 0.688. The molecular formula is C16H24BrNO. The molecule has 1 heterocycles. The molecule has 0 saturated heterocycles. The van der Waals surface area contributed by atoms with Crippen LogP contribution in [0.25, 0.3) is 0 Å². The van der Waals surface area contributed by atoms with Crippen molar-refractivity contribution in [3.63, 3.8) is 0 Å². The number of nitrogens with zero attached hydrogens (tertiary/aromatic N) is 1. The Bertz CT molecular complexity index is 421. The van der Waals surface area contributed by atoms with E-state index >= 15 is 0 Å². The molecule has 2 atom stereocenters. The van der Waals surface area contributed by atoms with Crippen LogP contribution < -0.4 is 0 Å². The zero-order chi connectivity index (χ0) is 13.9. The molecule has 2 nitrogen and oxygen atoms in total. The van der Waals surface area contributed by atoms with Gasteiger partial charge in [-0.2, -0.15) is 0 Å². The molecule has 1 aliphatic carbocycles. The van der Waals surface area contributed by atoms with Crippen molar-refractivity contribution in [3.8, 4) is 0 Å². The molecule has 0 aliphatic heterocycles. The third-order valence-corrected chi connectivity index (χ3v) is 4.87.